The number of esters is 4. The predicted octanol–water partition coefficient (Wildman–Crippen LogP) is 20.1. The van der Waals surface area contributed by atoms with Crippen LogP contribution in [0.3, 0.4) is 0 Å². The van der Waals surface area contributed by atoms with Gasteiger partial charge in [0.25, 0.3) is 0 Å². The fourth-order valence-electron chi connectivity index (χ4n) is 10.6. The van der Waals surface area contributed by atoms with E-state index in [1.165, 1.54) is 148 Å². The van der Waals surface area contributed by atoms with Crippen LogP contribution in [-0.4, -0.2) is 96.7 Å². The summed E-state index contributed by atoms with van der Waals surface area (Å²) in [5.41, 5.74) is 0. The lowest BCUT2D eigenvalue weighted by Crippen LogP contribution is -2.30. The van der Waals surface area contributed by atoms with Gasteiger partial charge in [-0.2, -0.15) is 0 Å². The van der Waals surface area contributed by atoms with E-state index in [4.69, 9.17) is 37.0 Å². The number of hydrogen-bond donors (Lipinski definition) is 3. The third-order valence-electron chi connectivity index (χ3n) is 16.7. The highest BCUT2D eigenvalue weighted by atomic mass is 31.2. The number of unbranched alkanes of at least 4 members (excludes halogenated alkanes) is 33. The van der Waals surface area contributed by atoms with Crippen molar-refractivity contribution in [3.63, 3.8) is 0 Å². The lowest BCUT2D eigenvalue weighted by molar-refractivity contribution is -0.161. The van der Waals surface area contributed by atoms with Crippen LogP contribution in [0.4, 0.5) is 0 Å². The van der Waals surface area contributed by atoms with Crippen LogP contribution in [0.25, 0.3) is 0 Å². The van der Waals surface area contributed by atoms with Crippen LogP contribution in [-0.2, 0) is 65.4 Å². The Kier molecular flexibility index (Phi) is 59.4. The van der Waals surface area contributed by atoms with Crippen molar-refractivity contribution in [2.75, 3.05) is 39.6 Å². The summed E-state index contributed by atoms with van der Waals surface area (Å²) in [6, 6.07) is 0. The molecule has 0 aromatic rings. The largest absolute Gasteiger partial charge is 0.472 e. The molecule has 19 heteroatoms. The number of ether oxygens (including phenoxy) is 4. The lowest BCUT2D eigenvalue weighted by Gasteiger charge is -2.21. The highest BCUT2D eigenvalue weighted by Gasteiger charge is 2.30. The average molecular weight is 1330 g/mol. The van der Waals surface area contributed by atoms with Gasteiger partial charge < -0.3 is 33.8 Å². The van der Waals surface area contributed by atoms with Gasteiger partial charge >= 0.3 is 39.5 Å². The molecule has 0 aliphatic heterocycles. The van der Waals surface area contributed by atoms with Crippen LogP contribution >= 0.6 is 15.6 Å². The Balaban J connectivity index is 5.19. The van der Waals surface area contributed by atoms with Gasteiger partial charge in [-0.25, -0.2) is 9.13 Å². The molecule has 3 unspecified atom stereocenters. The Morgan fingerprint density at radius 3 is 0.789 bits per heavy atom. The molecule has 0 amide bonds. The molecule has 0 bridgehead atoms. The van der Waals surface area contributed by atoms with E-state index >= 15 is 0 Å². The second-order valence-corrected chi connectivity index (χ2v) is 30.2. The van der Waals surface area contributed by atoms with Gasteiger partial charge in [0.2, 0.25) is 0 Å². The minimum Gasteiger partial charge on any atom is -0.462 e. The van der Waals surface area contributed by atoms with Crippen LogP contribution in [0.15, 0.2) is 0 Å². The maximum Gasteiger partial charge on any atom is 0.472 e. The van der Waals surface area contributed by atoms with Crippen LogP contribution in [0.1, 0.15) is 351 Å². The molecule has 3 N–H and O–H groups in total. The first kappa shape index (κ1) is 88.1. The van der Waals surface area contributed by atoms with E-state index in [1.807, 2.05) is 0 Å². The molecule has 0 heterocycles. The van der Waals surface area contributed by atoms with Crippen molar-refractivity contribution in [2.45, 2.75) is 369 Å². The number of aliphatic hydroxyl groups is 1. The Hall–Kier alpha value is -1.94. The summed E-state index contributed by atoms with van der Waals surface area (Å²) in [6.07, 6.45) is 43.3. The standard InChI is InChI=1S/C71H138O17P2/c1-9-64(8)50-42-34-28-30-38-46-54-71(76)88-67(57-81-68(73)51-43-35-25-21-16-14-12-10-11-13-15-19-23-31-39-47-61(2)3)60-86-90(79,80)84-56-65(72)55-83-89(77,78)85-59-66(58-82-69(74)52-44-36-29-27-33-41-49-63(6)7)87-70(75)53-45-37-26-22-18-17-20-24-32-40-48-62(4)5/h61-67,72H,9-60H2,1-8H3,(H,77,78)(H,79,80)/t64?,65-,66+,67+/m0/s1. The minimum absolute atomic E-state index is 0.103. The number of hydrogen-bond acceptors (Lipinski definition) is 15. The van der Waals surface area contributed by atoms with Gasteiger partial charge in [-0.3, -0.25) is 37.3 Å². The van der Waals surface area contributed by atoms with Crippen LogP contribution in [0, 0.1) is 23.7 Å². The van der Waals surface area contributed by atoms with Crippen LogP contribution < -0.4 is 0 Å². The number of phosphoric ester groups is 2. The fourth-order valence-corrected chi connectivity index (χ4v) is 12.2. The van der Waals surface area contributed by atoms with Crippen LogP contribution in [0.5, 0.6) is 0 Å². The molecule has 0 fully saturated rings. The Morgan fingerprint density at radius 1 is 0.311 bits per heavy atom. The van der Waals surface area contributed by atoms with E-state index in [9.17, 15) is 43.2 Å². The summed E-state index contributed by atoms with van der Waals surface area (Å²) in [6.45, 7) is 14.0. The zero-order chi connectivity index (χ0) is 66.8. The van der Waals surface area contributed by atoms with E-state index in [1.54, 1.807) is 0 Å². The molecule has 0 aliphatic carbocycles. The fraction of sp³-hybridized carbons (Fsp3) is 0.944. The molecule has 0 spiro atoms. The predicted molar refractivity (Wildman–Crippen MR) is 363 cm³/mol. The van der Waals surface area contributed by atoms with Crippen molar-refractivity contribution in [1.29, 1.82) is 0 Å². The summed E-state index contributed by atoms with van der Waals surface area (Å²) in [5.74, 6) is 0.825. The van der Waals surface area contributed by atoms with Gasteiger partial charge in [0.15, 0.2) is 12.2 Å². The minimum atomic E-state index is -4.95. The SMILES string of the molecule is CCC(C)CCCCCCCCC(=O)O[C@H](COC(=O)CCCCCCCCCCCCCCCCCC(C)C)COP(=O)(O)OC[C@@H](O)COP(=O)(O)OC[C@@H](COC(=O)CCCCCCCCC(C)C)OC(=O)CCCCCCCCCCCCC(C)C. The lowest BCUT2D eigenvalue weighted by atomic mass is 10.00. The zero-order valence-electron chi connectivity index (χ0n) is 58.8. The maximum atomic E-state index is 13.0. The van der Waals surface area contributed by atoms with Gasteiger partial charge in [-0.15, -0.1) is 0 Å². The van der Waals surface area contributed by atoms with Gasteiger partial charge in [0.05, 0.1) is 26.4 Å². The number of aliphatic hydroxyl groups excluding tert-OH is 1. The second kappa shape index (κ2) is 60.7. The van der Waals surface area contributed by atoms with Crippen molar-refractivity contribution in [2.24, 2.45) is 23.7 Å². The molecule has 17 nitrogen and oxygen atoms in total. The Bertz CT molecular complexity index is 1780. The van der Waals surface area contributed by atoms with Gasteiger partial charge in [0.1, 0.15) is 19.3 Å². The topological polar surface area (TPSA) is 237 Å². The quantitative estimate of drug-likeness (QED) is 0.0222. The highest BCUT2D eigenvalue weighted by Crippen LogP contribution is 2.45. The van der Waals surface area contributed by atoms with E-state index < -0.39 is 97.5 Å². The first-order chi connectivity index (χ1) is 43.1. The Labute approximate surface area is 549 Å². The van der Waals surface area contributed by atoms with E-state index in [0.29, 0.717) is 31.6 Å². The molecule has 90 heavy (non-hydrogen) atoms. The van der Waals surface area contributed by atoms with Crippen LogP contribution in [0.2, 0.25) is 0 Å². The summed E-state index contributed by atoms with van der Waals surface area (Å²) in [4.78, 5) is 72.5. The summed E-state index contributed by atoms with van der Waals surface area (Å²) < 4.78 is 68.2. The third kappa shape index (κ3) is 63.5. The number of carbonyl (C=O) groups excluding carboxylic acids is 4. The molecule has 6 atom stereocenters. The van der Waals surface area contributed by atoms with Crippen molar-refractivity contribution < 1.29 is 80.2 Å². The summed E-state index contributed by atoms with van der Waals surface area (Å²) in [5, 5.41) is 10.6. The molecular formula is C71H138O17P2. The van der Waals surface area contributed by atoms with Crippen molar-refractivity contribution in [3.8, 4) is 0 Å². The zero-order valence-corrected chi connectivity index (χ0v) is 60.6. The maximum absolute atomic E-state index is 13.0. The molecule has 0 saturated heterocycles. The van der Waals surface area contributed by atoms with E-state index in [-0.39, 0.29) is 25.7 Å². The molecule has 0 radical (unpaired) electrons. The highest BCUT2D eigenvalue weighted by molar-refractivity contribution is 7.47. The molecule has 0 aromatic carbocycles. The molecule has 0 rings (SSSR count). The van der Waals surface area contributed by atoms with Gasteiger partial charge in [-0.05, 0) is 49.4 Å². The van der Waals surface area contributed by atoms with E-state index in [0.717, 1.165) is 114 Å². The first-order valence-corrected chi connectivity index (χ1v) is 39.7. The Morgan fingerprint density at radius 2 is 0.533 bits per heavy atom. The molecule has 0 aromatic heterocycles. The molecular weight excluding hydrogens is 1190 g/mol. The normalized spacial score (nSPS) is 14.6. The first-order valence-electron chi connectivity index (χ1n) is 36.7. The monoisotopic (exact) mass is 1320 g/mol. The molecule has 0 aliphatic rings. The summed E-state index contributed by atoms with van der Waals surface area (Å²) in [7, 11) is -9.90. The number of carbonyl (C=O) groups is 4. The van der Waals surface area contributed by atoms with Crippen molar-refractivity contribution in [3.05, 3.63) is 0 Å². The smallest absolute Gasteiger partial charge is 0.462 e. The second-order valence-electron chi connectivity index (χ2n) is 27.3. The van der Waals surface area contributed by atoms with E-state index in [2.05, 4.69) is 55.4 Å². The third-order valence-corrected chi connectivity index (χ3v) is 18.6. The van der Waals surface area contributed by atoms with Crippen molar-refractivity contribution >= 4 is 39.5 Å². The van der Waals surface area contributed by atoms with Gasteiger partial charge in [0, 0.05) is 25.7 Å². The summed E-state index contributed by atoms with van der Waals surface area (Å²) >= 11 is 0. The number of phosphoric acid groups is 2. The van der Waals surface area contributed by atoms with Crippen molar-refractivity contribution in [1.82, 2.24) is 0 Å². The molecule has 0 saturated carbocycles. The van der Waals surface area contributed by atoms with Gasteiger partial charge in [-0.1, -0.05) is 299 Å². The average Bonchev–Trinajstić information content (AvgIpc) is 3.58. The molecule has 534 valence electrons. The number of rotatable bonds is 68.